The second-order valence-corrected chi connectivity index (χ2v) is 2.09. The molecule has 46 valence electrons. The zero-order chi connectivity index (χ0) is 6.57. The van der Waals surface area contributed by atoms with Gasteiger partial charge in [-0.3, -0.25) is 0 Å². The van der Waals surface area contributed by atoms with E-state index < -0.39 is 5.97 Å². The van der Waals surface area contributed by atoms with Gasteiger partial charge in [0.15, 0.2) is 0 Å². The predicted octanol–water partition coefficient (Wildman–Crippen LogP) is -7.83. The maximum absolute atomic E-state index is 9.62. The van der Waals surface area contributed by atoms with Crippen molar-refractivity contribution in [2.75, 3.05) is 6.54 Å². The van der Waals surface area contributed by atoms with Gasteiger partial charge in [0.1, 0.15) is 0 Å². The third-order valence-electron chi connectivity index (χ3n) is 0.377. The van der Waals surface area contributed by atoms with Gasteiger partial charge < -0.3 is 40.1 Å². The van der Waals surface area contributed by atoms with Crippen molar-refractivity contribution in [2.45, 2.75) is 0 Å². The van der Waals surface area contributed by atoms with Crippen molar-refractivity contribution < 1.29 is 113 Å². The maximum atomic E-state index is 9.62. The number of thiocarbonyl (C=S) groups is 1. The molecule has 0 atom stereocenters. The topological polar surface area (TPSA) is 52.2 Å². The molecular formula is C3H3K2NO2S2. The normalized spacial score (nSPS) is 6.40. The van der Waals surface area contributed by atoms with Gasteiger partial charge in [0.05, 0.1) is 12.5 Å². The minimum Gasteiger partial charge on any atom is -0.548 e. The van der Waals surface area contributed by atoms with E-state index in [1.54, 1.807) is 0 Å². The van der Waals surface area contributed by atoms with E-state index in [9.17, 15) is 9.90 Å². The van der Waals surface area contributed by atoms with E-state index in [0.717, 1.165) is 0 Å². The monoisotopic (exact) mass is 227 g/mol. The first-order valence-electron chi connectivity index (χ1n) is 1.77. The van der Waals surface area contributed by atoms with Gasteiger partial charge in [-0.1, -0.05) is 4.32 Å². The molecule has 0 rings (SSSR count). The summed E-state index contributed by atoms with van der Waals surface area (Å²) >= 11 is 8.65. The van der Waals surface area contributed by atoms with Crippen molar-refractivity contribution >= 4 is 35.1 Å². The average molecular weight is 227 g/mol. The fourth-order valence-electron chi connectivity index (χ4n) is 0.144. The largest absolute Gasteiger partial charge is 1.00 e. The second-order valence-electron chi connectivity index (χ2n) is 1.01. The van der Waals surface area contributed by atoms with Gasteiger partial charge in [-0.25, -0.2) is 0 Å². The molecule has 0 bridgehead atoms. The molecule has 0 aliphatic rings. The van der Waals surface area contributed by atoms with Crippen molar-refractivity contribution in [3.8, 4) is 0 Å². The van der Waals surface area contributed by atoms with Crippen molar-refractivity contribution in [1.82, 2.24) is 5.32 Å². The molecule has 3 nitrogen and oxygen atoms in total. The molecule has 0 heterocycles. The van der Waals surface area contributed by atoms with Crippen molar-refractivity contribution in [3.63, 3.8) is 0 Å². The predicted molar refractivity (Wildman–Crippen MR) is 33.0 cm³/mol. The fraction of sp³-hybridized carbons (Fsp3) is 0.333. The number of hydrogen-bond donors (Lipinski definition) is 1. The number of carboxylic acid groups (broad SMARTS) is 1. The van der Waals surface area contributed by atoms with E-state index in [2.05, 4.69) is 30.2 Å². The number of hydrogen-bond acceptors (Lipinski definition) is 4. The molecule has 0 saturated heterocycles. The molecule has 0 aromatic carbocycles. The Labute approximate surface area is 155 Å². The molecule has 0 amide bonds. The zero-order valence-electron chi connectivity index (χ0n) is 5.84. The van der Waals surface area contributed by atoms with Crippen LogP contribution in [0.4, 0.5) is 0 Å². The summed E-state index contributed by atoms with van der Waals surface area (Å²) in [6.45, 7) is -0.303. The Bertz CT molecular complexity index is 107. The Morgan fingerprint density at radius 3 is 2.10 bits per heavy atom. The summed E-state index contributed by atoms with van der Waals surface area (Å²) in [5.41, 5.74) is 0. The van der Waals surface area contributed by atoms with E-state index in [1.807, 2.05) is 0 Å². The summed E-state index contributed by atoms with van der Waals surface area (Å²) < 4.78 is 0.0502. The molecule has 0 spiro atoms. The van der Waals surface area contributed by atoms with Crippen LogP contribution in [0, 0.1) is 0 Å². The van der Waals surface area contributed by atoms with E-state index in [-0.39, 0.29) is 114 Å². The van der Waals surface area contributed by atoms with E-state index in [4.69, 9.17) is 0 Å². The van der Waals surface area contributed by atoms with Crippen LogP contribution in [-0.4, -0.2) is 16.8 Å². The summed E-state index contributed by atoms with van der Waals surface area (Å²) in [6.07, 6.45) is 0. The zero-order valence-corrected chi connectivity index (χ0v) is 13.7. The molecule has 0 aromatic rings. The van der Waals surface area contributed by atoms with Crippen LogP contribution < -0.4 is 113 Å². The third-order valence-corrected chi connectivity index (χ3v) is 0.666. The number of aliphatic carboxylic acids is 1. The van der Waals surface area contributed by atoms with Gasteiger partial charge in [-0.2, -0.15) is 0 Å². The number of carbonyl (C=O) groups excluding carboxylic acids is 1. The van der Waals surface area contributed by atoms with Crippen LogP contribution in [-0.2, 0) is 17.4 Å². The Hall–Kier alpha value is 2.85. The Kier molecular flexibility index (Phi) is 22.0. The van der Waals surface area contributed by atoms with Crippen LogP contribution in [0.2, 0.25) is 0 Å². The Morgan fingerprint density at radius 2 is 2.00 bits per heavy atom. The molecule has 0 saturated carbocycles. The van der Waals surface area contributed by atoms with Gasteiger partial charge in [-0.15, -0.1) is 0 Å². The number of rotatable bonds is 2. The minimum atomic E-state index is -1.21. The van der Waals surface area contributed by atoms with Crippen molar-refractivity contribution in [3.05, 3.63) is 0 Å². The molecular weight excluding hydrogens is 224 g/mol. The van der Waals surface area contributed by atoms with E-state index in [0.29, 0.717) is 0 Å². The fourth-order valence-corrected chi connectivity index (χ4v) is 0.289. The minimum absolute atomic E-state index is 0. The molecule has 10 heavy (non-hydrogen) atoms. The van der Waals surface area contributed by atoms with E-state index in [1.165, 1.54) is 0 Å². The average Bonchev–Trinajstić information content (AvgIpc) is 1.61. The summed E-state index contributed by atoms with van der Waals surface area (Å²) in [5.74, 6) is -1.21. The molecule has 0 aliphatic heterocycles. The quantitative estimate of drug-likeness (QED) is 0.289. The van der Waals surface area contributed by atoms with Crippen LogP contribution in [0.5, 0.6) is 0 Å². The van der Waals surface area contributed by atoms with Gasteiger partial charge in [0, 0.05) is 0 Å². The molecule has 0 radical (unpaired) electrons. The van der Waals surface area contributed by atoms with Gasteiger partial charge >= 0.3 is 103 Å². The van der Waals surface area contributed by atoms with Crippen molar-refractivity contribution in [2.24, 2.45) is 0 Å². The van der Waals surface area contributed by atoms with Crippen LogP contribution in [0.3, 0.4) is 0 Å². The Morgan fingerprint density at radius 1 is 1.60 bits per heavy atom. The summed E-state index contributed by atoms with van der Waals surface area (Å²) in [5, 5.41) is 11.9. The van der Waals surface area contributed by atoms with Gasteiger partial charge in [-0.05, 0) is 0 Å². The van der Waals surface area contributed by atoms with Gasteiger partial charge in [0.25, 0.3) is 0 Å². The first-order chi connectivity index (χ1) is 3.63. The summed E-state index contributed by atoms with van der Waals surface area (Å²) in [7, 11) is 0. The van der Waals surface area contributed by atoms with Crippen LogP contribution in [0.25, 0.3) is 0 Å². The van der Waals surface area contributed by atoms with E-state index >= 15 is 0 Å². The molecule has 0 aliphatic carbocycles. The number of carbonyl (C=O) groups is 1. The third kappa shape index (κ3) is 17.1. The first kappa shape index (κ1) is 18.6. The Balaban J connectivity index is -0.000000245. The molecule has 0 aromatic heterocycles. The first-order valence-corrected chi connectivity index (χ1v) is 2.59. The smallest absolute Gasteiger partial charge is 0.548 e. The maximum Gasteiger partial charge on any atom is 1.00 e. The summed E-state index contributed by atoms with van der Waals surface area (Å²) in [6, 6.07) is 0. The van der Waals surface area contributed by atoms with Crippen molar-refractivity contribution in [1.29, 1.82) is 0 Å². The number of nitrogens with one attached hydrogen (secondary N) is 1. The second kappa shape index (κ2) is 11.9. The van der Waals surface area contributed by atoms with Crippen LogP contribution >= 0.6 is 12.2 Å². The molecule has 7 heteroatoms. The summed E-state index contributed by atoms with van der Waals surface area (Å²) in [4.78, 5) is 9.62. The number of carboxylic acids is 1. The SMILES string of the molecule is O=C([O-])CNC(=S)[S-].[K+].[K+]. The van der Waals surface area contributed by atoms with Crippen LogP contribution in [0.15, 0.2) is 0 Å². The molecule has 0 fully saturated rings. The standard InChI is InChI=1S/C3H5NO2S2.2K/c5-2(6)1-4-3(7)8;;/h1H2,(H,5,6)(H2,4,7,8);;/q;2*+1/p-2. The van der Waals surface area contributed by atoms with Gasteiger partial charge in [0.2, 0.25) is 0 Å². The molecule has 1 N–H and O–H groups in total. The van der Waals surface area contributed by atoms with Crippen LogP contribution in [0.1, 0.15) is 0 Å². The molecule has 0 unspecified atom stereocenters.